The van der Waals surface area contributed by atoms with Crippen molar-refractivity contribution in [3.8, 4) is 0 Å². The molecule has 0 N–H and O–H groups in total. The average Bonchev–Trinajstić information content (AvgIpc) is 2.79. The third-order valence-corrected chi connectivity index (χ3v) is 7.24. The summed E-state index contributed by atoms with van der Waals surface area (Å²) in [5.74, 6) is 0. The molecule has 0 aliphatic carbocycles. The lowest BCUT2D eigenvalue weighted by Gasteiger charge is -2.35. The molecule has 4 aromatic carbocycles. The maximum absolute atomic E-state index is 13.7. The SMILES string of the molecule is Cc1ccc(C(OS(=O)(=O)c2ccc(C)cc2)(c2ccc(C)cc2)c2ccc(C)cc2)cc1. The van der Waals surface area contributed by atoms with E-state index >= 15 is 0 Å². The Morgan fingerprint density at radius 1 is 0.485 bits per heavy atom. The van der Waals surface area contributed by atoms with Crippen LogP contribution in [0.15, 0.2) is 102 Å². The second-order valence-electron chi connectivity index (χ2n) is 8.63. The average molecular weight is 457 g/mol. The molecule has 0 heterocycles. The summed E-state index contributed by atoms with van der Waals surface area (Å²) >= 11 is 0. The van der Waals surface area contributed by atoms with Crippen LogP contribution in [0.2, 0.25) is 0 Å². The summed E-state index contributed by atoms with van der Waals surface area (Å²) in [5.41, 5.74) is 5.13. The topological polar surface area (TPSA) is 43.4 Å². The Balaban J connectivity index is 2.02. The van der Waals surface area contributed by atoms with Crippen LogP contribution in [0.1, 0.15) is 38.9 Å². The molecule has 0 aliphatic rings. The van der Waals surface area contributed by atoms with Crippen molar-refractivity contribution in [2.45, 2.75) is 38.2 Å². The van der Waals surface area contributed by atoms with E-state index in [1.54, 1.807) is 24.3 Å². The van der Waals surface area contributed by atoms with Gasteiger partial charge in [-0.3, -0.25) is 0 Å². The zero-order valence-electron chi connectivity index (χ0n) is 19.4. The van der Waals surface area contributed by atoms with Crippen molar-refractivity contribution in [2.24, 2.45) is 0 Å². The molecule has 0 fully saturated rings. The Hall–Kier alpha value is -3.21. The standard InChI is InChI=1S/C29H28O3S/c1-21-5-13-25(14-6-21)29(26-15-7-22(2)8-16-26,27-17-9-23(3)10-18-27)32-33(30,31)28-19-11-24(4)12-20-28/h5-20H,1-4H3. The fourth-order valence-corrected chi connectivity index (χ4v) is 5.11. The molecule has 0 amide bonds. The molecule has 0 saturated heterocycles. The van der Waals surface area contributed by atoms with E-state index in [0.717, 1.165) is 38.9 Å². The largest absolute Gasteiger partial charge is 0.298 e. The first-order valence-corrected chi connectivity index (χ1v) is 12.4. The minimum Gasteiger partial charge on any atom is -0.245 e. The van der Waals surface area contributed by atoms with Crippen molar-refractivity contribution in [3.05, 3.63) is 136 Å². The van der Waals surface area contributed by atoms with Crippen LogP contribution in [-0.4, -0.2) is 8.42 Å². The van der Waals surface area contributed by atoms with Gasteiger partial charge < -0.3 is 0 Å². The maximum atomic E-state index is 13.7. The lowest BCUT2D eigenvalue weighted by Crippen LogP contribution is -2.35. The summed E-state index contributed by atoms with van der Waals surface area (Å²) in [6.45, 7) is 7.94. The van der Waals surface area contributed by atoms with Gasteiger partial charge >= 0.3 is 0 Å². The molecule has 0 bridgehead atoms. The Bertz CT molecular complexity index is 1220. The highest BCUT2D eigenvalue weighted by atomic mass is 32.2. The molecular weight excluding hydrogens is 428 g/mol. The van der Waals surface area contributed by atoms with Crippen molar-refractivity contribution in [2.75, 3.05) is 0 Å². The van der Waals surface area contributed by atoms with Crippen molar-refractivity contribution < 1.29 is 12.6 Å². The summed E-state index contributed by atoms with van der Waals surface area (Å²) in [5, 5.41) is 0. The normalized spacial score (nSPS) is 12.0. The Morgan fingerprint density at radius 3 is 1.06 bits per heavy atom. The molecule has 0 radical (unpaired) electrons. The predicted octanol–water partition coefficient (Wildman–Crippen LogP) is 6.62. The third-order valence-electron chi connectivity index (χ3n) is 5.92. The fraction of sp³-hybridized carbons (Fsp3) is 0.172. The minimum absolute atomic E-state index is 0.129. The van der Waals surface area contributed by atoms with Crippen LogP contribution in [0.3, 0.4) is 0 Å². The highest BCUT2D eigenvalue weighted by Crippen LogP contribution is 2.43. The molecule has 4 heteroatoms. The van der Waals surface area contributed by atoms with Gasteiger partial charge in [-0.15, -0.1) is 0 Å². The summed E-state index contributed by atoms with van der Waals surface area (Å²) in [4.78, 5) is 0.129. The Morgan fingerprint density at radius 2 is 0.758 bits per heavy atom. The molecule has 0 atom stereocenters. The second kappa shape index (κ2) is 8.97. The van der Waals surface area contributed by atoms with Crippen LogP contribution in [0.25, 0.3) is 0 Å². The number of hydrogen-bond acceptors (Lipinski definition) is 3. The lowest BCUT2D eigenvalue weighted by molar-refractivity contribution is 0.164. The zero-order chi connectivity index (χ0) is 23.6. The van der Waals surface area contributed by atoms with Gasteiger partial charge in [-0.25, -0.2) is 4.18 Å². The van der Waals surface area contributed by atoms with Crippen LogP contribution >= 0.6 is 0 Å². The van der Waals surface area contributed by atoms with E-state index in [0.29, 0.717) is 0 Å². The third kappa shape index (κ3) is 4.63. The molecule has 3 nitrogen and oxygen atoms in total. The van der Waals surface area contributed by atoms with Gasteiger partial charge in [0.05, 0.1) is 4.90 Å². The summed E-state index contributed by atoms with van der Waals surface area (Å²) in [6.07, 6.45) is 0. The van der Waals surface area contributed by atoms with Crippen molar-refractivity contribution in [1.29, 1.82) is 0 Å². The lowest BCUT2D eigenvalue weighted by atomic mass is 9.80. The van der Waals surface area contributed by atoms with E-state index < -0.39 is 15.7 Å². The molecule has 4 rings (SSSR count). The summed E-state index contributed by atoms with van der Waals surface area (Å²) in [7, 11) is -4.11. The number of hydrogen-bond donors (Lipinski definition) is 0. The van der Waals surface area contributed by atoms with Crippen LogP contribution in [-0.2, 0) is 19.9 Å². The first kappa shape index (κ1) is 23.0. The van der Waals surface area contributed by atoms with Crippen molar-refractivity contribution in [3.63, 3.8) is 0 Å². The first-order chi connectivity index (χ1) is 15.7. The number of rotatable bonds is 6. The number of benzene rings is 4. The Labute approximate surface area is 196 Å². The highest BCUT2D eigenvalue weighted by molar-refractivity contribution is 7.86. The van der Waals surface area contributed by atoms with Crippen molar-refractivity contribution >= 4 is 10.1 Å². The van der Waals surface area contributed by atoms with Gasteiger partial charge in [0.15, 0.2) is 5.60 Å². The molecular formula is C29H28O3S. The molecule has 0 unspecified atom stereocenters. The minimum atomic E-state index is -4.11. The smallest absolute Gasteiger partial charge is 0.245 e. The molecule has 0 saturated carbocycles. The highest BCUT2D eigenvalue weighted by Gasteiger charge is 2.42. The van der Waals surface area contributed by atoms with Gasteiger partial charge in [-0.1, -0.05) is 107 Å². The predicted molar refractivity (Wildman–Crippen MR) is 133 cm³/mol. The molecule has 0 aliphatic heterocycles. The second-order valence-corrected chi connectivity index (χ2v) is 10.2. The Kier molecular flexibility index (Phi) is 6.24. The van der Waals surface area contributed by atoms with Crippen LogP contribution < -0.4 is 0 Å². The van der Waals surface area contributed by atoms with Gasteiger partial charge in [0.2, 0.25) is 0 Å². The van der Waals surface area contributed by atoms with Gasteiger partial charge in [-0.2, -0.15) is 8.42 Å². The van der Waals surface area contributed by atoms with E-state index in [1.807, 2.05) is 100 Å². The van der Waals surface area contributed by atoms with E-state index in [4.69, 9.17) is 4.18 Å². The van der Waals surface area contributed by atoms with Crippen LogP contribution in [0.5, 0.6) is 0 Å². The van der Waals surface area contributed by atoms with Crippen LogP contribution in [0, 0.1) is 27.7 Å². The fourth-order valence-electron chi connectivity index (χ4n) is 3.93. The summed E-state index contributed by atoms with van der Waals surface area (Å²) < 4.78 is 33.6. The number of aryl methyl sites for hydroxylation is 4. The zero-order valence-corrected chi connectivity index (χ0v) is 20.2. The van der Waals surface area contributed by atoms with Gasteiger partial charge in [-0.05, 0) is 56.5 Å². The molecule has 168 valence electrons. The molecule has 33 heavy (non-hydrogen) atoms. The first-order valence-electron chi connectivity index (χ1n) is 10.9. The van der Waals surface area contributed by atoms with E-state index in [1.165, 1.54) is 0 Å². The van der Waals surface area contributed by atoms with E-state index in [-0.39, 0.29) is 4.90 Å². The molecule has 0 aromatic heterocycles. The maximum Gasteiger partial charge on any atom is 0.298 e. The van der Waals surface area contributed by atoms with Crippen molar-refractivity contribution in [1.82, 2.24) is 0 Å². The molecule has 0 spiro atoms. The molecule has 4 aromatic rings. The van der Waals surface area contributed by atoms with E-state index in [2.05, 4.69) is 0 Å². The summed E-state index contributed by atoms with van der Waals surface area (Å²) in [6, 6.07) is 30.3. The van der Waals surface area contributed by atoms with Gasteiger partial charge in [0.25, 0.3) is 10.1 Å². The monoisotopic (exact) mass is 456 g/mol. The van der Waals surface area contributed by atoms with E-state index in [9.17, 15) is 8.42 Å². The van der Waals surface area contributed by atoms with Gasteiger partial charge in [0, 0.05) is 0 Å². The van der Waals surface area contributed by atoms with Gasteiger partial charge in [0.1, 0.15) is 0 Å². The van der Waals surface area contributed by atoms with Crippen LogP contribution in [0.4, 0.5) is 0 Å². The quantitative estimate of drug-likeness (QED) is 0.242.